The van der Waals surface area contributed by atoms with Gasteiger partial charge in [-0.3, -0.25) is 0 Å². The molecule has 2 aromatic heterocycles. The SMILES string of the molecule is Nc1ncc2cc(-c3cccc4c(N)ncnc34)ccc2n1. The third kappa shape index (κ3) is 1.89. The molecule has 0 amide bonds. The minimum absolute atomic E-state index is 0.269. The van der Waals surface area contributed by atoms with Gasteiger partial charge in [0.05, 0.1) is 11.0 Å². The highest BCUT2D eigenvalue weighted by molar-refractivity contribution is 5.99. The summed E-state index contributed by atoms with van der Waals surface area (Å²) >= 11 is 0. The first-order chi connectivity index (χ1) is 10.7. The molecule has 4 N–H and O–H groups in total. The lowest BCUT2D eigenvalue weighted by Gasteiger charge is -2.08. The monoisotopic (exact) mass is 288 g/mol. The van der Waals surface area contributed by atoms with Gasteiger partial charge in [0.2, 0.25) is 5.95 Å². The van der Waals surface area contributed by atoms with Gasteiger partial charge in [-0.25, -0.2) is 19.9 Å². The lowest BCUT2D eigenvalue weighted by molar-refractivity contribution is 1.23. The van der Waals surface area contributed by atoms with E-state index in [0.717, 1.165) is 32.9 Å². The second kappa shape index (κ2) is 4.63. The maximum atomic E-state index is 5.93. The second-order valence-electron chi connectivity index (χ2n) is 4.96. The molecule has 2 heterocycles. The first-order valence-corrected chi connectivity index (χ1v) is 6.74. The van der Waals surface area contributed by atoms with E-state index >= 15 is 0 Å². The molecular weight excluding hydrogens is 276 g/mol. The van der Waals surface area contributed by atoms with Gasteiger partial charge in [0.15, 0.2) is 0 Å². The van der Waals surface area contributed by atoms with E-state index < -0.39 is 0 Å². The van der Waals surface area contributed by atoms with Crippen LogP contribution in [0.25, 0.3) is 32.9 Å². The smallest absolute Gasteiger partial charge is 0.220 e. The zero-order chi connectivity index (χ0) is 15.1. The van der Waals surface area contributed by atoms with Crippen molar-refractivity contribution in [3.05, 3.63) is 48.9 Å². The molecule has 0 saturated heterocycles. The Morgan fingerprint density at radius 3 is 2.73 bits per heavy atom. The number of nitrogens with zero attached hydrogens (tertiary/aromatic N) is 4. The van der Waals surface area contributed by atoms with E-state index in [-0.39, 0.29) is 5.95 Å². The van der Waals surface area contributed by atoms with Crippen molar-refractivity contribution in [3.8, 4) is 11.1 Å². The Morgan fingerprint density at radius 2 is 1.82 bits per heavy atom. The molecule has 0 bridgehead atoms. The summed E-state index contributed by atoms with van der Waals surface area (Å²) in [7, 11) is 0. The van der Waals surface area contributed by atoms with Gasteiger partial charge in [-0.05, 0) is 23.8 Å². The molecule has 0 atom stereocenters. The lowest BCUT2D eigenvalue weighted by Crippen LogP contribution is -1.95. The molecule has 0 saturated carbocycles. The molecule has 0 radical (unpaired) electrons. The summed E-state index contributed by atoms with van der Waals surface area (Å²) in [6.45, 7) is 0. The number of nitrogens with two attached hydrogens (primary N) is 2. The van der Waals surface area contributed by atoms with Crippen LogP contribution in [0.3, 0.4) is 0 Å². The molecule has 4 aromatic rings. The van der Waals surface area contributed by atoms with Gasteiger partial charge in [0.25, 0.3) is 0 Å². The van der Waals surface area contributed by atoms with Crippen LogP contribution >= 0.6 is 0 Å². The summed E-state index contributed by atoms with van der Waals surface area (Å²) in [5.74, 6) is 0.745. The molecule has 0 spiro atoms. The topological polar surface area (TPSA) is 104 Å². The van der Waals surface area contributed by atoms with Crippen LogP contribution in [0.4, 0.5) is 11.8 Å². The summed E-state index contributed by atoms with van der Waals surface area (Å²) < 4.78 is 0. The summed E-state index contributed by atoms with van der Waals surface area (Å²) in [4.78, 5) is 16.7. The van der Waals surface area contributed by atoms with Gasteiger partial charge in [-0.2, -0.15) is 0 Å². The Hall–Kier alpha value is -3.28. The van der Waals surface area contributed by atoms with Gasteiger partial charge in [-0.15, -0.1) is 0 Å². The zero-order valence-electron chi connectivity index (χ0n) is 11.6. The van der Waals surface area contributed by atoms with Crippen LogP contribution in [0.1, 0.15) is 0 Å². The van der Waals surface area contributed by atoms with Crippen molar-refractivity contribution in [1.82, 2.24) is 19.9 Å². The van der Waals surface area contributed by atoms with Crippen LogP contribution in [0, 0.1) is 0 Å². The Kier molecular flexibility index (Phi) is 2.62. The normalized spacial score (nSPS) is 11.1. The molecule has 2 aromatic carbocycles. The van der Waals surface area contributed by atoms with Crippen LogP contribution in [0.5, 0.6) is 0 Å². The summed E-state index contributed by atoms with van der Waals surface area (Å²) in [6, 6.07) is 11.8. The van der Waals surface area contributed by atoms with Crippen molar-refractivity contribution in [3.63, 3.8) is 0 Å². The molecule has 0 unspecified atom stereocenters. The van der Waals surface area contributed by atoms with Crippen molar-refractivity contribution in [2.24, 2.45) is 0 Å². The number of nitrogen functional groups attached to an aromatic ring is 2. The third-order valence-corrected chi connectivity index (χ3v) is 3.61. The second-order valence-corrected chi connectivity index (χ2v) is 4.96. The van der Waals surface area contributed by atoms with Crippen molar-refractivity contribution >= 4 is 33.6 Å². The minimum Gasteiger partial charge on any atom is -0.383 e. The van der Waals surface area contributed by atoms with Crippen LogP contribution in [-0.4, -0.2) is 19.9 Å². The number of rotatable bonds is 1. The number of aromatic nitrogens is 4. The van der Waals surface area contributed by atoms with Gasteiger partial charge >= 0.3 is 0 Å². The van der Waals surface area contributed by atoms with E-state index in [1.807, 2.05) is 36.4 Å². The van der Waals surface area contributed by atoms with Gasteiger partial charge in [0.1, 0.15) is 12.1 Å². The lowest BCUT2D eigenvalue weighted by atomic mass is 10.0. The standard InChI is InChI=1S/C16H12N6/c17-15-12-3-1-2-11(14(12)20-8-21-15)9-4-5-13-10(6-9)7-19-16(18)22-13/h1-8H,(H2,17,20,21)(H2,18,19,22). The van der Waals surface area contributed by atoms with E-state index in [9.17, 15) is 0 Å². The maximum Gasteiger partial charge on any atom is 0.220 e. The molecule has 6 heteroatoms. The van der Waals surface area contributed by atoms with Crippen molar-refractivity contribution < 1.29 is 0 Å². The fourth-order valence-corrected chi connectivity index (χ4v) is 2.56. The fourth-order valence-electron chi connectivity index (χ4n) is 2.56. The average molecular weight is 288 g/mol. The van der Waals surface area contributed by atoms with Gasteiger partial charge in [-0.1, -0.05) is 18.2 Å². The summed E-state index contributed by atoms with van der Waals surface area (Å²) in [5, 5.41) is 1.76. The fraction of sp³-hybridized carbons (Fsp3) is 0. The molecule has 4 rings (SSSR count). The van der Waals surface area contributed by atoms with E-state index in [2.05, 4.69) is 19.9 Å². The average Bonchev–Trinajstić information content (AvgIpc) is 2.54. The number of para-hydroxylation sites is 1. The van der Waals surface area contributed by atoms with Crippen LogP contribution in [0.2, 0.25) is 0 Å². The Labute approximate surface area is 125 Å². The summed E-state index contributed by atoms with van der Waals surface area (Å²) in [5.41, 5.74) is 15.2. The quantitative estimate of drug-likeness (QED) is 0.557. The highest BCUT2D eigenvalue weighted by Gasteiger charge is 2.08. The van der Waals surface area contributed by atoms with Crippen molar-refractivity contribution in [2.75, 3.05) is 11.5 Å². The molecular formula is C16H12N6. The van der Waals surface area contributed by atoms with E-state index in [1.165, 1.54) is 6.33 Å². The predicted molar refractivity (Wildman–Crippen MR) is 86.9 cm³/mol. The molecule has 0 fully saturated rings. The molecule has 0 aliphatic carbocycles. The molecule has 0 aliphatic heterocycles. The van der Waals surface area contributed by atoms with Crippen LogP contribution < -0.4 is 11.5 Å². The van der Waals surface area contributed by atoms with Crippen molar-refractivity contribution in [1.29, 1.82) is 0 Å². The first kappa shape index (κ1) is 12.5. The number of hydrogen-bond donors (Lipinski definition) is 2. The van der Waals surface area contributed by atoms with E-state index in [4.69, 9.17) is 11.5 Å². The zero-order valence-corrected chi connectivity index (χ0v) is 11.6. The number of anilines is 2. The Bertz CT molecular complexity index is 1010. The molecule has 22 heavy (non-hydrogen) atoms. The first-order valence-electron chi connectivity index (χ1n) is 6.74. The van der Waals surface area contributed by atoms with E-state index in [1.54, 1.807) is 6.20 Å². The predicted octanol–water partition coefficient (Wildman–Crippen LogP) is 2.40. The summed E-state index contributed by atoms with van der Waals surface area (Å²) in [6.07, 6.45) is 3.20. The highest BCUT2D eigenvalue weighted by atomic mass is 15.0. The number of hydrogen-bond acceptors (Lipinski definition) is 6. The Balaban J connectivity index is 1.99. The largest absolute Gasteiger partial charge is 0.383 e. The van der Waals surface area contributed by atoms with E-state index in [0.29, 0.717) is 5.82 Å². The molecule has 106 valence electrons. The molecule has 6 nitrogen and oxygen atoms in total. The van der Waals surface area contributed by atoms with Gasteiger partial charge < -0.3 is 11.5 Å². The number of fused-ring (bicyclic) bond motifs is 2. The van der Waals surface area contributed by atoms with Crippen LogP contribution in [-0.2, 0) is 0 Å². The minimum atomic E-state index is 0.269. The third-order valence-electron chi connectivity index (χ3n) is 3.61. The Morgan fingerprint density at radius 1 is 0.909 bits per heavy atom. The van der Waals surface area contributed by atoms with Crippen LogP contribution in [0.15, 0.2) is 48.9 Å². The van der Waals surface area contributed by atoms with Gasteiger partial charge in [0, 0.05) is 22.5 Å². The van der Waals surface area contributed by atoms with Crippen molar-refractivity contribution in [2.45, 2.75) is 0 Å². The highest BCUT2D eigenvalue weighted by Crippen LogP contribution is 2.30. The number of benzene rings is 2. The maximum absolute atomic E-state index is 5.93. The molecule has 0 aliphatic rings.